The molecule has 1 rings (SSSR count). The van der Waals surface area contributed by atoms with Gasteiger partial charge in [0, 0.05) is 17.2 Å². The van der Waals surface area contributed by atoms with E-state index in [4.69, 9.17) is 26.9 Å². The summed E-state index contributed by atoms with van der Waals surface area (Å²) in [6, 6.07) is 5.27. The number of ether oxygens (including phenoxy) is 2. The van der Waals surface area contributed by atoms with Crippen molar-refractivity contribution in [3.05, 3.63) is 28.8 Å². The minimum atomic E-state index is -0.163. The third kappa shape index (κ3) is 3.57. The summed E-state index contributed by atoms with van der Waals surface area (Å²) in [6.45, 7) is 4.52. The molecule has 1 aromatic carbocycles. The fourth-order valence-electron chi connectivity index (χ4n) is 1.79. The van der Waals surface area contributed by atoms with E-state index < -0.39 is 0 Å². The van der Waals surface area contributed by atoms with Crippen molar-refractivity contribution in [3.8, 4) is 5.75 Å². The number of hydrazine groups is 1. The molecule has 0 spiro atoms. The highest BCUT2D eigenvalue weighted by Gasteiger charge is 2.22. The van der Waals surface area contributed by atoms with Crippen LogP contribution in [0.4, 0.5) is 0 Å². The lowest BCUT2D eigenvalue weighted by atomic mass is 10.0. The lowest BCUT2D eigenvalue weighted by Gasteiger charge is -2.25. The predicted octanol–water partition coefficient (Wildman–Crippen LogP) is 2.28. The summed E-state index contributed by atoms with van der Waals surface area (Å²) in [6.07, 6.45) is -0.0719. The van der Waals surface area contributed by atoms with Gasteiger partial charge >= 0.3 is 0 Å². The maximum atomic E-state index is 5.99. The number of halogens is 1. The van der Waals surface area contributed by atoms with E-state index in [1.54, 1.807) is 13.2 Å². The third-order valence-electron chi connectivity index (χ3n) is 2.61. The largest absolute Gasteiger partial charge is 0.496 e. The van der Waals surface area contributed by atoms with Crippen LogP contribution in [0.1, 0.15) is 25.5 Å². The van der Waals surface area contributed by atoms with Gasteiger partial charge in [-0.05, 0) is 32.0 Å². The van der Waals surface area contributed by atoms with Crippen molar-refractivity contribution in [1.82, 2.24) is 5.43 Å². The molecule has 0 amide bonds. The summed E-state index contributed by atoms with van der Waals surface area (Å²) in [4.78, 5) is 0. The Labute approximate surface area is 107 Å². The first kappa shape index (κ1) is 14.3. The van der Waals surface area contributed by atoms with Crippen molar-refractivity contribution in [2.45, 2.75) is 26.0 Å². The number of hydrogen-bond donors (Lipinski definition) is 2. The molecule has 5 heteroatoms. The van der Waals surface area contributed by atoms with Crippen LogP contribution in [0.5, 0.6) is 5.75 Å². The molecule has 96 valence electrons. The molecule has 0 aliphatic carbocycles. The van der Waals surface area contributed by atoms with Crippen LogP contribution < -0.4 is 16.0 Å². The second-order valence-electron chi connectivity index (χ2n) is 3.69. The van der Waals surface area contributed by atoms with Crippen molar-refractivity contribution < 1.29 is 9.47 Å². The number of nitrogens with two attached hydrogens (primary N) is 1. The van der Waals surface area contributed by atoms with Crippen molar-refractivity contribution in [1.29, 1.82) is 0 Å². The Hall–Kier alpha value is -0.810. The van der Waals surface area contributed by atoms with E-state index in [-0.39, 0.29) is 12.1 Å². The zero-order chi connectivity index (χ0) is 12.8. The quantitative estimate of drug-likeness (QED) is 0.607. The molecule has 17 heavy (non-hydrogen) atoms. The Kier molecular flexibility index (Phi) is 5.71. The van der Waals surface area contributed by atoms with Gasteiger partial charge in [-0.1, -0.05) is 11.6 Å². The van der Waals surface area contributed by atoms with Gasteiger partial charge in [-0.15, -0.1) is 0 Å². The lowest BCUT2D eigenvalue weighted by Crippen LogP contribution is -2.36. The van der Waals surface area contributed by atoms with Crippen LogP contribution >= 0.6 is 11.6 Å². The van der Waals surface area contributed by atoms with Crippen LogP contribution in [0.3, 0.4) is 0 Å². The molecule has 0 aliphatic rings. The van der Waals surface area contributed by atoms with E-state index >= 15 is 0 Å². The average Bonchev–Trinajstić information content (AvgIpc) is 2.31. The summed E-state index contributed by atoms with van der Waals surface area (Å²) >= 11 is 5.99. The summed E-state index contributed by atoms with van der Waals surface area (Å²) in [5.74, 6) is 6.32. The summed E-state index contributed by atoms with van der Waals surface area (Å²) in [7, 11) is 1.62. The maximum absolute atomic E-state index is 5.99. The molecule has 1 aromatic rings. The Morgan fingerprint density at radius 3 is 2.71 bits per heavy atom. The second kappa shape index (κ2) is 6.81. The highest BCUT2D eigenvalue weighted by Crippen LogP contribution is 2.30. The molecule has 0 bridgehead atoms. The van der Waals surface area contributed by atoms with E-state index in [9.17, 15) is 0 Å². The second-order valence-corrected chi connectivity index (χ2v) is 4.13. The maximum Gasteiger partial charge on any atom is 0.123 e. The Bertz CT molecular complexity index is 360. The first-order chi connectivity index (χ1) is 8.13. The molecular formula is C12H19ClN2O2. The van der Waals surface area contributed by atoms with Gasteiger partial charge in [-0.3, -0.25) is 11.3 Å². The Morgan fingerprint density at radius 2 is 2.18 bits per heavy atom. The topological polar surface area (TPSA) is 56.5 Å². The van der Waals surface area contributed by atoms with Crippen molar-refractivity contribution in [2.75, 3.05) is 13.7 Å². The standard InChI is InChI=1S/C12H19ClN2O2/c1-4-17-8(2)12(15-14)10-7-9(13)5-6-11(10)16-3/h5-8,12,15H,4,14H2,1-3H3. The van der Waals surface area contributed by atoms with Gasteiger partial charge in [0.15, 0.2) is 0 Å². The number of rotatable bonds is 6. The van der Waals surface area contributed by atoms with E-state index in [1.807, 2.05) is 26.0 Å². The molecule has 4 nitrogen and oxygen atoms in total. The van der Waals surface area contributed by atoms with Crippen LogP contribution in [0.15, 0.2) is 18.2 Å². The van der Waals surface area contributed by atoms with Gasteiger partial charge in [0.05, 0.1) is 19.3 Å². The molecule has 2 unspecified atom stereocenters. The number of nitrogens with one attached hydrogen (secondary N) is 1. The fourth-order valence-corrected chi connectivity index (χ4v) is 1.97. The predicted molar refractivity (Wildman–Crippen MR) is 69.2 cm³/mol. The highest BCUT2D eigenvalue weighted by atomic mass is 35.5. The average molecular weight is 259 g/mol. The first-order valence-corrected chi connectivity index (χ1v) is 5.93. The van der Waals surface area contributed by atoms with E-state index in [1.165, 1.54) is 0 Å². The molecule has 0 heterocycles. The monoisotopic (exact) mass is 258 g/mol. The lowest BCUT2D eigenvalue weighted by molar-refractivity contribution is 0.0466. The van der Waals surface area contributed by atoms with Crippen molar-refractivity contribution >= 4 is 11.6 Å². The molecule has 0 radical (unpaired) electrons. The number of methoxy groups -OCH3 is 1. The van der Waals surface area contributed by atoms with Gasteiger partial charge in [-0.25, -0.2) is 0 Å². The third-order valence-corrected chi connectivity index (χ3v) is 2.84. The zero-order valence-electron chi connectivity index (χ0n) is 10.4. The SMILES string of the molecule is CCOC(C)C(NN)c1cc(Cl)ccc1OC. The Morgan fingerprint density at radius 1 is 1.47 bits per heavy atom. The molecule has 0 fully saturated rings. The van der Waals surface area contributed by atoms with Gasteiger partial charge in [0.2, 0.25) is 0 Å². The molecule has 0 aliphatic heterocycles. The molecule has 0 aromatic heterocycles. The number of benzene rings is 1. The van der Waals surface area contributed by atoms with Gasteiger partial charge in [0.1, 0.15) is 5.75 Å². The zero-order valence-corrected chi connectivity index (χ0v) is 11.1. The van der Waals surface area contributed by atoms with E-state index in [0.29, 0.717) is 11.6 Å². The smallest absolute Gasteiger partial charge is 0.123 e. The van der Waals surface area contributed by atoms with Gasteiger partial charge < -0.3 is 9.47 Å². The van der Waals surface area contributed by atoms with E-state index in [0.717, 1.165) is 11.3 Å². The Balaban J connectivity index is 3.05. The van der Waals surface area contributed by atoms with Gasteiger partial charge in [-0.2, -0.15) is 0 Å². The molecule has 0 saturated carbocycles. The minimum Gasteiger partial charge on any atom is -0.496 e. The number of hydrogen-bond acceptors (Lipinski definition) is 4. The molecular weight excluding hydrogens is 240 g/mol. The summed E-state index contributed by atoms with van der Waals surface area (Å²) < 4.78 is 10.8. The van der Waals surface area contributed by atoms with Crippen molar-refractivity contribution in [3.63, 3.8) is 0 Å². The summed E-state index contributed by atoms with van der Waals surface area (Å²) in [5.41, 5.74) is 3.63. The first-order valence-electron chi connectivity index (χ1n) is 5.55. The molecule has 0 saturated heterocycles. The van der Waals surface area contributed by atoms with Crippen LogP contribution in [-0.4, -0.2) is 19.8 Å². The van der Waals surface area contributed by atoms with E-state index in [2.05, 4.69) is 5.43 Å². The van der Waals surface area contributed by atoms with Crippen LogP contribution in [0.25, 0.3) is 0 Å². The minimum absolute atomic E-state index is 0.0719. The highest BCUT2D eigenvalue weighted by molar-refractivity contribution is 6.30. The molecule has 3 N–H and O–H groups in total. The normalized spacial score (nSPS) is 14.4. The van der Waals surface area contributed by atoms with Crippen LogP contribution in [-0.2, 0) is 4.74 Å². The fraction of sp³-hybridized carbons (Fsp3) is 0.500. The van der Waals surface area contributed by atoms with Gasteiger partial charge in [0.25, 0.3) is 0 Å². The summed E-state index contributed by atoms with van der Waals surface area (Å²) in [5, 5.41) is 0.643. The molecule has 2 atom stereocenters. The van der Waals surface area contributed by atoms with Crippen LogP contribution in [0, 0.1) is 0 Å². The van der Waals surface area contributed by atoms with Crippen molar-refractivity contribution in [2.24, 2.45) is 5.84 Å². The van der Waals surface area contributed by atoms with Crippen LogP contribution in [0.2, 0.25) is 5.02 Å².